The van der Waals surface area contributed by atoms with Crippen LogP contribution in [0.1, 0.15) is 11.1 Å². The second kappa shape index (κ2) is 8.58. The Morgan fingerprint density at radius 3 is 2.94 bits per heavy atom. The molecule has 2 aliphatic rings. The minimum atomic E-state index is -0.330. The number of rotatable bonds is 4. The Bertz CT molecular complexity index is 1400. The van der Waals surface area contributed by atoms with Crippen molar-refractivity contribution < 1.29 is 9.13 Å². The van der Waals surface area contributed by atoms with Gasteiger partial charge in [-0.3, -0.25) is 5.10 Å². The van der Waals surface area contributed by atoms with Crippen molar-refractivity contribution >= 4 is 16.7 Å². The van der Waals surface area contributed by atoms with Gasteiger partial charge in [0.25, 0.3) is 0 Å². The lowest BCUT2D eigenvalue weighted by Crippen LogP contribution is -2.56. The summed E-state index contributed by atoms with van der Waals surface area (Å²) in [6, 6.07) is 10.1. The Balaban J connectivity index is 1.38. The standard InChI is InChI=1S/C26H28FN7O/c1-15-8-16(11-28-2)9-19(27)23(15)26-29-12-20-25(30-26)24(32-31-20)17-4-5-21-22(10-17)35-14-18-13-33(3)6-7-34(18)21/h4-5,8-10,12,18,28H,6-7,11,13-14H2,1-3H3,(H,31,32). The van der Waals surface area contributed by atoms with E-state index in [0.717, 1.165) is 47.8 Å². The maximum atomic E-state index is 15.1. The summed E-state index contributed by atoms with van der Waals surface area (Å²) in [4.78, 5) is 14.0. The van der Waals surface area contributed by atoms with E-state index in [2.05, 4.69) is 49.5 Å². The Morgan fingerprint density at radius 1 is 1.23 bits per heavy atom. The van der Waals surface area contributed by atoms with Gasteiger partial charge in [-0.05, 0) is 50.3 Å². The molecule has 0 aliphatic carbocycles. The van der Waals surface area contributed by atoms with Crippen LogP contribution in [0, 0.1) is 12.7 Å². The number of halogens is 1. The molecule has 4 aromatic rings. The molecular weight excluding hydrogens is 445 g/mol. The first kappa shape index (κ1) is 21.9. The third-order valence-corrected chi connectivity index (χ3v) is 6.91. The second-order valence-electron chi connectivity index (χ2n) is 9.43. The third-order valence-electron chi connectivity index (χ3n) is 6.91. The Labute approximate surface area is 203 Å². The maximum Gasteiger partial charge on any atom is 0.163 e. The van der Waals surface area contributed by atoms with Gasteiger partial charge in [0.1, 0.15) is 34.9 Å². The van der Waals surface area contributed by atoms with Crippen LogP contribution in [-0.2, 0) is 6.54 Å². The van der Waals surface area contributed by atoms with Crippen LogP contribution in [0.3, 0.4) is 0 Å². The van der Waals surface area contributed by atoms with E-state index in [4.69, 9.17) is 9.72 Å². The fraction of sp³-hybridized carbons (Fsp3) is 0.346. The summed E-state index contributed by atoms with van der Waals surface area (Å²) in [6.07, 6.45) is 1.66. The van der Waals surface area contributed by atoms with Crippen molar-refractivity contribution in [1.29, 1.82) is 0 Å². The van der Waals surface area contributed by atoms with Gasteiger partial charge in [0.05, 0.1) is 23.5 Å². The van der Waals surface area contributed by atoms with Gasteiger partial charge < -0.3 is 19.9 Å². The molecule has 2 aromatic heterocycles. The van der Waals surface area contributed by atoms with Gasteiger partial charge in [0, 0.05) is 31.7 Å². The molecule has 2 aliphatic heterocycles. The number of likely N-dealkylation sites (N-methyl/N-ethyl adjacent to an activating group) is 1. The van der Waals surface area contributed by atoms with E-state index < -0.39 is 0 Å². The minimum absolute atomic E-state index is 0.330. The number of fused-ring (bicyclic) bond motifs is 4. The van der Waals surface area contributed by atoms with Crippen molar-refractivity contribution in [2.45, 2.75) is 19.5 Å². The number of hydrogen-bond donors (Lipinski definition) is 2. The molecule has 0 bridgehead atoms. The molecule has 6 rings (SSSR count). The van der Waals surface area contributed by atoms with Crippen LogP contribution in [0.4, 0.5) is 10.1 Å². The Morgan fingerprint density at radius 2 is 2.11 bits per heavy atom. The zero-order chi connectivity index (χ0) is 24.1. The van der Waals surface area contributed by atoms with Crippen molar-refractivity contribution in [3.8, 4) is 28.4 Å². The van der Waals surface area contributed by atoms with Gasteiger partial charge in [-0.15, -0.1) is 0 Å². The van der Waals surface area contributed by atoms with E-state index in [1.165, 1.54) is 6.07 Å². The zero-order valence-corrected chi connectivity index (χ0v) is 20.1. The van der Waals surface area contributed by atoms with E-state index in [1.807, 2.05) is 26.1 Å². The molecular formula is C26H28FN7O. The smallest absolute Gasteiger partial charge is 0.163 e. The number of H-pyrrole nitrogens is 1. The molecule has 1 atom stereocenters. The molecule has 8 nitrogen and oxygen atoms in total. The van der Waals surface area contributed by atoms with Crippen LogP contribution in [0.15, 0.2) is 36.5 Å². The normalized spacial score (nSPS) is 17.8. The predicted molar refractivity (Wildman–Crippen MR) is 134 cm³/mol. The monoisotopic (exact) mass is 473 g/mol. The van der Waals surface area contributed by atoms with Gasteiger partial charge in [0.15, 0.2) is 5.82 Å². The summed E-state index contributed by atoms with van der Waals surface area (Å²) >= 11 is 0. The lowest BCUT2D eigenvalue weighted by atomic mass is 10.0. The highest BCUT2D eigenvalue weighted by molar-refractivity contribution is 5.91. The van der Waals surface area contributed by atoms with Crippen molar-refractivity contribution in [2.24, 2.45) is 0 Å². The molecule has 1 fully saturated rings. The molecule has 0 amide bonds. The molecule has 2 N–H and O–H groups in total. The summed E-state index contributed by atoms with van der Waals surface area (Å²) in [5.41, 5.74) is 6.15. The predicted octanol–water partition coefficient (Wildman–Crippen LogP) is 3.37. The molecule has 4 heterocycles. The van der Waals surface area contributed by atoms with Crippen molar-refractivity contribution in [1.82, 2.24) is 30.4 Å². The van der Waals surface area contributed by atoms with Crippen LogP contribution < -0.4 is 15.0 Å². The van der Waals surface area contributed by atoms with Crippen LogP contribution in [0.5, 0.6) is 5.75 Å². The number of ether oxygens (including phenoxy) is 1. The lowest BCUT2D eigenvalue weighted by molar-refractivity contribution is 0.188. The largest absolute Gasteiger partial charge is 0.489 e. The fourth-order valence-electron chi connectivity index (χ4n) is 5.21. The van der Waals surface area contributed by atoms with E-state index in [0.29, 0.717) is 47.3 Å². The molecule has 0 saturated carbocycles. The first-order valence-corrected chi connectivity index (χ1v) is 11.9. The minimum Gasteiger partial charge on any atom is -0.489 e. The van der Waals surface area contributed by atoms with Crippen molar-refractivity contribution in [2.75, 3.05) is 45.2 Å². The van der Waals surface area contributed by atoms with Crippen molar-refractivity contribution in [3.05, 3.63) is 53.5 Å². The number of aromatic amines is 1. The average Bonchev–Trinajstić information content (AvgIpc) is 3.26. The SMILES string of the molecule is CNCc1cc(C)c(-c2ncc3[nH]nc(-c4ccc5c(c4)OCC4CN(C)CCN54)c3n2)c(F)c1. The molecule has 0 radical (unpaired) electrons. The number of benzene rings is 2. The van der Waals surface area contributed by atoms with Crippen molar-refractivity contribution in [3.63, 3.8) is 0 Å². The topological polar surface area (TPSA) is 82.2 Å². The second-order valence-corrected chi connectivity index (χ2v) is 9.43. The highest BCUT2D eigenvalue weighted by atomic mass is 19.1. The van der Waals surface area contributed by atoms with Crippen LogP contribution >= 0.6 is 0 Å². The zero-order valence-electron chi connectivity index (χ0n) is 20.1. The van der Waals surface area contributed by atoms with Gasteiger partial charge in [0.2, 0.25) is 0 Å². The summed E-state index contributed by atoms with van der Waals surface area (Å²) in [5.74, 6) is 0.875. The Kier molecular flexibility index (Phi) is 5.38. The highest BCUT2D eigenvalue weighted by Crippen LogP contribution is 2.39. The molecule has 0 spiro atoms. The molecule has 180 valence electrons. The maximum absolute atomic E-state index is 15.1. The van der Waals surface area contributed by atoms with E-state index in [9.17, 15) is 0 Å². The Hall–Kier alpha value is -3.56. The molecule has 1 unspecified atom stereocenters. The van der Waals surface area contributed by atoms with Crippen LogP contribution in [-0.4, -0.2) is 71.4 Å². The number of piperazine rings is 1. The summed E-state index contributed by atoms with van der Waals surface area (Å²) < 4.78 is 21.2. The van der Waals surface area contributed by atoms with Crippen LogP contribution in [0.25, 0.3) is 33.7 Å². The van der Waals surface area contributed by atoms with Gasteiger partial charge in [-0.2, -0.15) is 5.10 Å². The van der Waals surface area contributed by atoms with E-state index >= 15 is 4.39 Å². The molecule has 2 aromatic carbocycles. The lowest BCUT2D eigenvalue weighted by Gasteiger charge is -2.44. The highest BCUT2D eigenvalue weighted by Gasteiger charge is 2.32. The number of hydrogen-bond acceptors (Lipinski definition) is 7. The molecule has 35 heavy (non-hydrogen) atoms. The van der Waals surface area contributed by atoms with Gasteiger partial charge >= 0.3 is 0 Å². The van der Waals surface area contributed by atoms with E-state index in [-0.39, 0.29) is 5.82 Å². The van der Waals surface area contributed by atoms with Gasteiger partial charge in [-0.1, -0.05) is 12.1 Å². The summed E-state index contributed by atoms with van der Waals surface area (Å²) in [7, 11) is 3.99. The average molecular weight is 474 g/mol. The molecule has 1 saturated heterocycles. The first-order chi connectivity index (χ1) is 17.0. The summed E-state index contributed by atoms with van der Waals surface area (Å²) in [5, 5.41) is 10.6. The number of anilines is 1. The number of aryl methyl sites for hydroxylation is 1. The number of nitrogens with zero attached hydrogens (tertiary/aromatic N) is 5. The quantitative estimate of drug-likeness (QED) is 0.470. The fourth-order valence-corrected chi connectivity index (χ4v) is 5.21. The summed E-state index contributed by atoms with van der Waals surface area (Å²) in [6.45, 7) is 6.16. The van der Waals surface area contributed by atoms with Crippen LogP contribution in [0.2, 0.25) is 0 Å². The van der Waals surface area contributed by atoms with Gasteiger partial charge in [-0.25, -0.2) is 14.4 Å². The van der Waals surface area contributed by atoms with E-state index in [1.54, 1.807) is 6.20 Å². The first-order valence-electron chi connectivity index (χ1n) is 11.9. The number of nitrogens with one attached hydrogen (secondary N) is 2. The molecule has 9 heteroatoms. The third kappa shape index (κ3) is 3.81. The number of aromatic nitrogens is 4.